The summed E-state index contributed by atoms with van der Waals surface area (Å²) in [5, 5.41) is 0. The smallest absolute Gasteiger partial charge is 0.339 e. The third-order valence-corrected chi connectivity index (χ3v) is 2.56. The number of rotatable bonds is 4. The van der Waals surface area contributed by atoms with E-state index in [-0.39, 0.29) is 5.97 Å². The molecule has 0 radical (unpaired) electrons. The van der Waals surface area contributed by atoms with Crippen molar-refractivity contribution in [1.82, 2.24) is 4.98 Å². The topological polar surface area (TPSA) is 42.1 Å². The van der Waals surface area contributed by atoms with Crippen molar-refractivity contribution in [3.63, 3.8) is 0 Å². The summed E-state index contributed by atoms with van der Waals surface area (Å²) in [7, 11) is 0. The first-order valence-electron chi connectivity index (χ1n) is 5.68. The molecule has 17 heavy (non-hydrogen) atoms. The van der Waals surface area contributed by atoms with E-state index in [4.69, 9.17) is 4.74 Å². The third-order valence-electron chi connectivity index (χ3n) is 2.56. The maximum Gasteiger partial charge on any atom is 0.339 e. The van der Waals surface area contributed by atoms with Crippen molar-refractivity contribution in [2.24, 2.45) is 0 Å². The standard InChI is InChI=1S/C14H15NO2/c1-2-17-14(16)13-10-15-9-12(13)8-11-6-4-3-5-7-11/h3-7,9-10,15H,2,8H2,1H3. The average molecular weight is 229 g/mol. The molecule has 0 atom stereocenters. The van der Waals surface area contributed by atoms with Crippen molar-refractivity contribution in [2.75, 3.05) is 6.61 Å². The molecule has 1 heterocycles. The monoisotopic (exact) mass is 229 g/mol. The van der Waals surface area contributed by atoms with Crippen LogP contribution in [0.25, 0.3) is 0 Å². The number of nitrogens with one attached hydrogen (secondary N) is 1. The molecule has 0 saturated carbocycles. The lowest BCUT2D eigenvalue weighted by Crippen LogP contribution is -2.06. The first kappa shape index (κ1) is 11.5. The number of aromatic nitrogens is 1. The summed E-state index contributed by atoms with van der Waals surface area (Å²) < 4.78 is 5.01. The predicted molar refractivity (Wildman–Crippen MR) is 66.0 cm³/mol. The van der Waals surface area contributed by atoms with Gasteiger partial charge in [0.2, 0.25) is 0 Å². The first-order valence-corrected chi connectivity index (χ1v) is 5.68. The van der Waals surface area contributed by atoms with Gasteiger partial charge in [-0.05, 0) is 24.5 Å². The summed E-state index contributed by atoms with van der Waals surface area (Å²) in [6.07, 6.45) is 4.27. The van der Waals surface area contributed by atoms with E-state index in [0.29, 0.717) is 12.2 Å². The van der Waals surface area contributed by atoms with Crippen LogP contribution in [0.5, 0.6) is 0 Å². The molecule has 0 bridgehead atoms. The second-order valence-corrected chi connectivity index (χ2v) is 3.78. The van der Waals surface area contributed by atoms with Crippen molar-refractivity contribution in [3.05, 3.63) is 59.4 Å². The van der Waals surface area contributed by atoms with E-state index in [1.165, 1.54) is 5.56 Å². The number of H-pyrrole nitrogens is 1. The van der Waals surface area contributed by atoms with Crippen molar-refractivity contribution in [2.45, 2.75) is 13.3 Å². The van der Waals surface area contributed by atoms with Crippen molar-refractivity contribution >= 4 is 5.97 Å². The summed E-state index contributed by atoms with van der Waals surface area (Å²) in [6, 6.07) is 10.1. The van der Waals surface area contributed by atoms with Crippen LogP contribution in [0, 0.1) is 0 Å². The minimum atomic E-state index is -0.264. The Balaban J connectivity index is 2.17. The molecule has 88 valence electrons. The summed E-state index contributed by atoms with van der Waals surface area (Å²) in [4.78, 5) is 14.6. The Morgan fingerprint density at radius 2 is 2.00 bits per heavy atom. The van der Waals surface area contributed by atoms with E-state index in [0.717, 1.165) is 12.0 Å². The van der Waals surface area contributed by atoms with Crippen LogP contribution in [0.15, 0.2) is 42.7 Å². The molecule has 2 aromatic rings. The lowest BCUT2D eigenvalue weighted by atomic mass is 10.0. The fourth-order valence-electron chi connectivity index (χ4n) is 1.76. The van der Waals surface area contributed by atoms with E-state index in [2.05, 4.69) is 4.98 Å². The van der Waals surface area contributed by atoms with E-state index in [1.54, 1.807) is 13.1 Å². The maximum atomic E-state index is 11.7. The number of carbonyl (C=O) groups excluding carboxylic acids is 1. The lowest BCUT2D eigenvalue weighted by molar-refractivity contribution is 0.0525. The van der Waals surface area contributed by atoms with E-state index >= 15 is 0 Å². The van der Waals surface area contributed by atoms with Crippen LogP contribution in [0.1, 0.15) is 28.4 Å². The fraction of sp³-hybridized carbons (Fsp3) is 0.214. The molecular formula is C14H15NO2. The fourth-order valence-corrected chi connectivity index (χ4v) is 1.76. The Kier molecular flexibility index (Phi) is 3.60. The number of hydrogen-bond donors (Lipinski definition) is 1. The predicted octanol–water partition coefficient (Wildman–Crippen LogP) is 2.78. The zero-order valence-corrected chi connectivity index (χ0v) is 9.77. The Bertz CT molecular complexity index is 488. The number of ether oxygens (including phenoxy) is 1. The lowest BCUT2D eigenvalue weighted by Gasteiger charge is -2.03. The Labute approximate surface area is 100 Å². The Hall–Kier alpha value is -2.03. The van der Waals surface area contributed by atoms with Gasteiger partial charge in [0.25, 0.3) is 0 Å². The van der Waals surface area contributed by atoms with Crippen LogP contribution >= 0.6 is 0 Å². The van der Waals surface area contributed by atoms with Gasteiger partial charge in [-0.1, -0.05) is 30.3 Å². The summed E-state index contributed by atoms with van der Waals surface area (Å²) in [5.74, 6) is -0.264. The molecule has 2 rings (SSSR count). The molecule has 0 aliphatic heterocycles. The highest BCUT2D eigenvalue weighted by molar-refractivity contribution is 5.91. The molecule has 0 fully saturated rings. The molecule has 0 unspecified atom stereocenters. The maximum absolute atomic E-state index is 11.7. The average Bonchev–Trinajstić information content (AvgIpc) is 2.79. The molecule has 0 aliphatic carbocycles. The summed E-state index contributed by atoms with van der Waals surface area (Å²) >= 11 is 0. The minimum Gasteiger partial charge on any atom is -0.462 e. The quantitative estimate of drug-likeness (QED) is 0.819. The van der Waals surface area contributed by atoms with Crippen LogP contribution in [-0.2, 0) is 11.2 Å². The molecule has 1 aromatic heterocycles. The van der Waals surface area contributed by atoms with E-state index in [1.807, 2.05) is 36.5 Å². The SMILES string of the molecule is CCOC(=O)c1c[nH]cc1Cc1ccccc1. The van der Waals surface area contributed by atoms with Gasteiger partial charge >= 0.3 is 5.97 Å². The minimum absolute atomic E-state index is 0.264. The number of carbonyl (C=O) groups is 1. The van der Waals surface area contributed by atoms with Gasteiger partial charge < -0.3 is 9.72 Å². The molecule has 0 spiro atoms. The van der Waals surface area contributed by atoms with Gasteiger partial charge in [-0.2, -0.15) is 0 Å². The van der Waals surface area contributed by atoms with Gasteiger partial charge in [-0.25, -0.2) is 4.79 Å². The Morgan fingerprint density at radius 1 is 1.24 bits per heavy atom. The highest BCUT2D eigenvalue weighted by atomic mass is 16.5. The van der Waals surface area contributed by atoms with Crippen LogP contribution in [0.3, 0.4) is 0 Å². The van der Waals surface area contributed by atoms with E-state index in [9.17, 15) is 4.79 Å². The van der Waals surface area contributed by atoms with Crippen molar-refractivity contribution in [3.8, 4) is 0 Å². The molecule has 3 nitrogen and oxygen atoms in total. The van der Waals surface area contributed by atoms with Gasteiger partial charge in [-0.3, -0.25) is 0 Å². The van der Waals surface area contributed by atoms with Gasteiger partial charge in [0.15, 0.2) is 0 Å². The largest absolute Gasteiger partial charge is 0.462 e. The number of hydrogen-bond acceptors (Lipinski definition) is 2. The zero-order valence-electron chi connectivity index (χ0n) is 9.77. The molecule has 3 heteroatoms. The van der Waals surface area contributed by atoms with Crippen molar-refractivity contribution in [1.29, 1.82) is 0 Å². The molecule has 1 aromatic carbocycles. The van der Waals surface area contributed by atoms with Crippen LogP contribution in [0.2, 0.25) is 0 Å². The van der Waals surface area contributed by atoms with Crippen LogP contribution in [-0.4, -0.2) is 17.6 Å². The van der Waals surface area contributed by atoms with Gasteiger partial charge in [0.05, 0.1) is 12.2 Å². The molecule has 0 amide bonds. The van der Waals surface area contributed by atoms with Crippen LogP contribution in [0.4, 0.5) is 0 Å². The van der Waals surface area contributed by atoms with Gasteiger partial charge in [0.1, 0.15) is 0 Å². The second kappa shape index (κ2) is 5.34. The number of benzene rings is 1. The van der Waals surface area contributed by atoms with Crippen LogP contribution < -0.4 is 0 Å². The number of esters is 1. The van der Waals surface area contributed by atoms with Gasteiger partial charge in [0, 0.05) is 12.4 Å². The van der Waals surface area contributed by atoms with Gasteiger partial charge in [-0.15, -0.1) is 0 Å². The highest BCUT2D eigenvalue weighted by Crippen LogP contribution is 2.14. The first-order chi connectivity index (χ1) is 8.31. The van der Waals surface area contributed by atoms with E-state index < -0.39 is 0 Å². The highest BCUT2D eigenvalue weighted by Gasteiger charge is 2.13. The Morgan fingerprint density at radius 3 is 2.71 bits per heavy atom. The summed E-state index contributed by atoms with van der Waals surface area (Å²) in [6.45, 7) is 2.20. The third kappa shape index (κ3) is 2.75. The van der Waals surface area contributed by atoms with Crippen molar-refractivity contribution < 1.29 is 9.53 Å². The molecule has 0 aliphatic rings. The zero-order chi connectivity index (χ0) is 12.1. The molecule has 1 N–H and O–H groups in total. The second-order valence-electron chi connectivity index (χ2n) is 3.78. The molecule has 0 saturated heterocycles. The summed E-state index contributed by atoms with van der Waals surface area (Å²) in [5.41, 5.74) is 2.77. The molecular weight excluding hydrogens is 214 g/mol. The normalized spacial score (nSPS) is 10.2. The number of aromatic amines is 1.